The Morgan fingerprint density at radius 1 is 1.00 bits per heavy atom. The van der Waals surface area contributed by atoms with E-state index in [0.717, 1.165) is 5.56 Å². The molecule has 0 aromatic heterocycles. The molecule has 0 heterocycles. The van der Waals surface area contributed by atoms with Gasteiger partial charge in [0.25, 0.3) is 10.0 Å². The van der Waals surface area contributed by atoms with Gasteiger partial charge < -0.3 is 20.1 Å². The SMILES string of the molecule is Cc1ccc(S(=O)(=O)NC(=O)OC(CC(=O)O)(CC(=O)O)C(=O)O)cc1. The number of hydrogen-bond acceptors (Lipinski definition) is 7. The molecule has 1 amide bonds. The number of ether oxygens (including phenoxy) is 1. The molecule has 142 valence electrons. The molecule has 12 heteroatoms. The van der Waals surface area contributed by atoms with Crippen LogP contribution in [0.1, 0.15) is 18.4 Å². The van der Waals surface area contributed by atoms with Crippen LogP contribution in [0.3, 0.4) is 0 Å². The second-order valence-electron chi connectivity index (χ2n) is 5.25. The fourth-order valence-electron chi connectivity index (χ4n) is 1.90. The van der Waals surface area contributed by atoms with Gasteiger partial charge in [0.05, 0.1) is 17.7 Å². The number of sulfonamides is 1. The average Bonchev–Trinajstić information content (AvgIpc) is 2.44. The Kier molecular flexibility index (Phi) is 6.28. The minimum absolute atomic E-state index is 0.336. The zero-order chi connectivity index (χ0) is 20.1. The van der Waals surface area contributed by atoms with E-state index >= 15 is 0 Å². The number of carbonyl (C=O) groups excluding carboxylic acids is 1. The van der Waals surface area contributed by atoms with Crippen LogP contribution in [0.15, 0.2) is 29.2 Å². The van der Waals surface area contributed by atoms with Gasteiger partial charge in [-0.3, -0.25) is 9.59 Å². The Morgan fingerprint density at radius 3 is 1.85 bits per heavy atom. The number of nitrogens with one attached hydrogen (secondary N) is 1. The van der Waals surface area contributed by atoms with Gasteiger partial charge in [-0.15, -0.1) is 0 Å². The molecule has 0 spiro atoms. The number of carboxylic acid groups (broad SMARTS) is 3. The van der Waals surface area contributed by atoms with Crippen LogP contribution < -0.4 is 4.72 Å². The van der Waals surface area contributed by atoms with E-state index < -0.39 is 52.5 Å². The van der Waals surface area contributed by atoms with Crippen molar-refractivity contribution in [2.24, 2.45) is 0 Å². The van der Waals surface area contributed by atoms with Crippen molar-refractivity contribution in [1.29, 1.82) is 0 Å². The van der Waals surface area contributed by atoms with Crippen LogP contribution in [-0.4, -0.2) is 53.3 Å². The summed E-state index contributed by atoms with van der Waals surface area (Å²) in [6.07, 6.45) is -4.59. The highest BCUT2D eigenvalue weighted by Gasteiger charge is 2.47. The first-order valence-electron chi connectivity index (χ1n) is 6.87. The third-order valence-electron chi connectivity index (χ3n) is 3.10. The Hall–Kier alpha value is -3.15. The molecule has 26 heavy (non-hydrogen) atoms. The topological polar surface area (TPSA) is 184 Å². The molecule has 0 bridgehead atoms. The molecule has 0 saturated carbocycles. The fraction of sp³-hybridized carbons (Fsp3) is 0.286. The summed E-state index contributed by atoms with van der Waals surface area (Å²) in [5.74, 6) is -5.57. The van der Waals surface area contributed by atoms with E-state index in [4.69, 9.17) is 15.3 Å². The Bertz CT molecular complexity index is 812. The van der Waals surface area contributed by atoms with Crippen molar-refractivity contribution in [3.05, 3.63) is 29.8 Å². The Labute approximate surface area is 147 Å². The van der Waals surface area contributed by atoms with Crippen LogP contribution in [0, 0.1) is 6.92 Å². The van der Waals surface area contributed by atoms with Crippen LogP contribution in [0.4, 0.5) is 4.79 Å². The van der Waals surface area contributed by atoms with Crippen molar-refractivity contribution in [3.63, 3.8) is 0 Å². The maximum atomic E-state index is 12.1. The molecule has 1 rings (SSSR count). The summed E-state index contributed by atoms with van der Waals surface area (Å²) in [5.41, 5.74) is -2.25. The van der Waals surface area contributed by atoms with Gasteiger partial charge in [0, 0.05) is 0 Å². The van der Waals surface area contributed by atoms with Crippen molar-refractivity contribution in [2.75, 3.05) is 0 Å². The second kappa shape index (κ2) is 7.82. The summed E-state index contributed by atoms with van der Waals surface area (Å²) in [7, 11) is -4.44. The predicted molar refractivity (Wildman–Crippen MR) is 82.9 cm³/mol. The molecule has 11 nitrogen and oxygen atoms in total. The van der Waals surface area contributed by atoms with E-state index in [1.165, 1.54) is 29.0 Å². The fourth-order valence-corrected chi connectivity index (χ4v) is 2.78. The molecule has 0 aliphatic rings. The number of aliphatic carboxylic acids is 3. The van der Waals surface area contributed by atoms with E-state index in [0.29, 0.717) is 0 Å². The minimum Gasteiger partial charge on any atom is -0.481 e. The normalized spacial score (nSPS) is 11.4. The van der Waals surface area contributed by atoms with Crippen LogP contribution in [0.2, 0.25) is 0 Å². The van der Waals surface area contributed by atoms with Gasteiger partial charge in [0.1, 0.15) is 0 Å². The lowest BCUT2D eigenvalue weighted by molar-refractivity contribution is -0.170. The van der Waals surface area contributed by atoms with Gasteiger partial charge in [-0.25, -0.2) is 22.7 Å². The van der Waals surface area contributed by atoms with Gasteiger partial charge >= 0.3 is 24.0 Å². The molecule has 0 radical (unpaired) electrons. The molecule has 1 aromatic carbocycles. The molecular formula is C14H15NO10S. The van der Waals surface area contributed by atoms with E-state index in [1.807, 2.05) is 0 Å². The van der Waals surface area contributed by atoms with Crippen molar-refractivity contribution in [2.45, 2.75) is 30.3 Å². The molecule has 1 aromatic rings. The number of carbonyl (C=O) groups is 4. The van der Waals surface area contributed by atoms with Crippen LogP contribution >= 0.6 is 0 Å². The quantitative estimate of drug-likeness (QED) is 0.478. The third-order valence-corrected chi connectivity index (χ3v) is 4.43. The lowest BCUT2D eigenvalue weighted by Crippen LogP contribution is -2.49. The standard InChI is InChI=1S/C14H15NO10S/c1-8-2-4-9(5-3-8)26(23,24)15-13(22)25-14(12(20)21,6-10(16)17)7-11(18)19/h2-5H,6-7H2,1H3,(H,15,22)(H,16,17)(H,18,19)(H,20,21). The van der Waals surface area contributed by atoms with Crippen molar-refractivity contribution < 1.29 is 47.7 Å². The van der Waals surface area contributed by atoms with E-state index in [1.54, 1.807) is 6.92 Å². The summed E-state index contributed by atoms with van der Waals surface area (Å²) in [6.45, 7) is 1.69. The van der Waals surface area contributed by atoms with E-state index in [2.05, 4.69) is 4.74 Å². The molecule has 0 aliphatic carbocycles. The van der Waals surface area contributed by atoms with E-state index in [-0.39, 0.29) is 4.90 Å². The maximum absolute atomic E-state index is 12.1. The van der Waals surface area contributed by atoms with E-state index in [9.17, 15) is 27.6 Å². The van der Waals surface area contributed by atoms with Crippen LogP contribution in [-0.2, 0) is 29.1 Å². The second-order valence-corrected chi connectivity index (χ2v) is 6.93. The first-order valence-corrected chi connectivity index (χ1v) is 8.36. The number of aryl methyl sites for hydroxylation is 1. The molecular weight excluding hydrogens is 374 g/mol. The van der Waals surface area contributed by atoms with Gasteiger partial charge in [-0.2, -0.15) is 0 Å². The lowest BCUT2D eigenvalue weighted by atomic mass is 9.95. The van der Waals surface area contributed by atoms with Gasteiger partial charge in [-0.1, -0.05) is 17.7 Å². The summed E-state index contributed by atoms with van der Waals surface area (Å²) in [6, 6.07) is 5.22. The predicted octanol–water partition coefficient (Wildman–Crippen LogP) is 0.183. The first-order chi connectivity index (χ1) is 11.9. The number of amides is 1. The number of hydrogen-bond donors (Lipinski definition) is 4. The van der Waals surface area contributed by atoms with Gasteiger partial charge in [0.2, 0.25) is 5.60 Å². The van der Waals surface area contributed by atoms with Crippen molar-refractivity contribution in [3.8, 4) is 0 Å². The zero-order valence-electron chi connectivity index (χ0n) is 13.3. The minimum atomic E-state index is -4.44. The third kappa shape index (κ3) is 5.44. The molecule has 0 saturated heterocycles. The van der Waals surface area contributed by atoms with Crippen LogP contribution in [0.25, 0.3) is 0 Å². The summed E-state index contributed by atoms with van der Waals surface area (Å²) in [4.78, 5) is 44.5. The number of carboxylic acids is 3. The van der Waals surface area contributed by atoms with Gasteiger partial charge in [-0.05, 0) is 19.1 Å². The van der Waals surface area contributed by atoms with Crippen molar-refractivity contribution >= 4 is 34.0 Å². The van der Waals surface area contributed by atoms with Gasteiger partial charge in [0.15, 0.2) is 0 Å². The molecule has 0 fully saturated rings. The van der Waals surface area contributed by atoms with Crippen LogP contribution in [0.5, 0.6) is 0 Å². The molecule has 0 aliphatic heterocycles. The number of rotatable bonds is 8. The zero-order valence-corrected chi connectivity index (χ0v) is 14.1. The smallest absolute Gasteiger partial charge is 0.422 e. The molecule has 4 N–H and O–H groups in total. The first kappa shape index (κ1) is 20.9. The Balaban J connectivity index is 3.09. The highest BCUT2D eigenvalue weighted by molar-refractivity contribution is 7.90. The summed E-state index contributed by atoms with van der Waals surface area (Å²) < 4.78 is 29.9. The summed E-state index contributed by atoms with van der Waals surface area (Å²) in [5, 5.41) is 26.7. The lowest BCUT2D eigenvalue weighted by Gasteiger charge is -2.26. The largest absolute Gasteiger partial charge is 0.481 e. The number of benzene rings is 1. The highest BCUT2D eigenvalue weighted by Crippen LogP contribution is 2.23. The van der Waals surface area contributed by atoms with Crippen molar-refractivity contribution in [1.82, 2.24) is 4.72 Å². The summed E-state index contributed by atoms with van der Waals surface area (Å²) >= 11 is 0. The highest BCUT2D eigenvalue weighted by atomic mass is 32.2. The maximum Gasteiger partial charge on any atom is 0.422 e. The molecule has 0 atom stereocenters. The Morgan fingerprint density at radius 2 is 1.46 bits per heavy atom. The average molecular weight is 389 g/mol. The molecule has 0 unspecified atom stereocenters. The monoisotopic (exact) mass is 389 g/mol.